The molecule has 1 fully saturated rings. The summed E-state index contributed by atoms with van der Waals surface area (Å²) in [5.41, 5.74) is 2.23. The number of benzene rings is 1. The molecule has 1 aliphatic rings. The monoisotopic (exact) mass is 460 g/mol. The molecule has 4 rings (SSSR count). The standard InChI is InChI=1S/C22H28N4O3S2/c1-3-13-31(27,28)26-11-9-17(10-12-26)23-21-20-18(16-7-5-4-6-8-16)15-30-22(20)25-19(24-21)14-29-2/h4-8,15,17H,3,9-14H2,1-2H3,(H,23,24,25). The van der Waals surface area contributed by atoms with Crippen LogP contribution >= 0.6 is 11.3 Å². The summed E-state index contributed by atoms with van der Waals surface area (Å²) in [5.74, 6) is 1.65. The van der Waals surface area contributed by atoms with Crippen LogP contribution < -0.4 is 5.32 Å². The third-order valence-corrected chi connectivity index (χ3v) is 8.44. The SMILES string of the molecule is CCCS(=O)(=O)N1CCC(Nc2nc(COC)nc3scc(-c4ccccc4)c23)CC1. The molecule has 9 heteroatoms. The number of thiophene rings is 1. The Morgan fingerprint density at radius 3 is 2.61 bits per heavy atom. The average Bonchev–Trinajstić information content (AvgIpc) is 3.19. The van der Waals surface area contributed by atoms with Crippen molar-refractivity contribution in [2.24, 2.45) is 0 Å². The first-order valence-corrected chi connectivity index (χ1v) is 13.1. The van der Waals surface area contributed by atoms with E-state index in [0.29, 0.717) is 31.9 Å². The summed E-state index contributed by atoms with van der Waals surface area (Å²) in [7, 11) is -1.51. The lowest BCUT2D eigenvalue weighted by atomic mass is 10.0. The minimum Gasteiger partial charge on any atom is -0.377 e. The molecule has 0 saturated carbocycles. The zero-order valence-electron chi connectivity index (χ0n) is 17.9. The van der Waals surface area contributed by atoms with E-state index in [4.69, 9.17) is 9.72 Å². The van der Waals surface area contributed by atoms with Crippen LogP contribution in [0.5, 0.6) is 0 Å². The number of ether oxygens (including phenoxy) is 1. The third kappa shape index (κ3) is 4.90. The second kappa shape index (κ2) is 9.60. The molecule has 31 heavy (non-hydrogen) atoms. The van der Waals surface area contributed by atoms with Crippen LogP contribution in [-0.4, -0.2) is 54.7 Å². The van der Waals surface area contributed by atoms with E-state index < -0.39 is 10.0 Å². The first-order chi connectivity index (χ1) is 15.0. The minimum atomic E-state index is -3.15. The number of nitrogens with zero attached hydrogens (tertiary/aromatic N) is 3. The molecular formula is C22H28N4O3S2. The molecule has 1 aliphatic heterocycles. The van der Waals surface area contributed by atoms with Crippen molar-refractivity contribution in [3.63, 3.8) is 0 Å². The van der Waals surface area contributed by atoms with Gasteiger partial charge in [0.1, 0.15) is 17.3 Å². The molecule has 1 N–H and O–H groups in total. The van der Waals surface area contributed by atoms with Crippen LogP contribution in [0.15, 0.2) is 35.7 Å². The highest BCUT2D eigenvalue weighted by molar-refractivity contribution is 7.89. The van der Waals surface area contributed by atoms with Crippen LogP contribution in [0.4, 0.5) is 5.82 Å². The summed E-state index contributed by atoms with van der Waals surface area (Å²) in [6.45, 7) is 3.31. The molecule has 166 valence electrons. The minimum absolute atomic E-state index is 0.157. The third-order valence-electron chi connectivity index (χ3n) is 5.49. The molecule has 0 amide bonds. The number of fused-ring (bicyclic) bond motifs is 1. The number of anilines is 1. The van der Waals surface area contributed by atoms with E-state index in [0.717, 1.165) is 40.0 Å². The van der Waals surface area contributed by atoms with Gasteiger partial charge < -0.3 is 10.1 Å². The van der Waals surface area contributed by atoms with Crippen molar-refractivity contribution in [2.45, 2.75) is 38.8 Å². The highest BCUT2D eigenvalue weighted by Crippen LogP contribution is 2.37. The molecule has 2 aromatic heterocycles. The Kier molecular flexibility index (Phi) is 6.86. The number of methoxy groups -OCH3 is 1. The highest BCUT2D eigenvalue weighted by Gasteiger charge is 2.28. The molecule has 0 bridgehead atoms. The van der Waals surface area contributed by atoms with Gasteiger partial charge in [0.15, 0.2) is 5.82 Å². The van der Waals surface area contributed by atoms with Crippen LogP contribution in [0.3, 0.4) is 0 Å². The maximum absolute atomic E-state index is 12.4. The second-order valence-electron chi connectivity index (χ2n) is 7.75. The Balaban J connectivity index is 1.61. The van der Waals surface area contributed by atoms with Gasteiger partial charge in [-0.2, -0.15) is 0 Å². The fraction of sp³-hybridized carbons (Fsp3) is 0.455. The topological polar surface area (TPSA) is 84.4 Å². The molecule has 3 heterocycles. The van der Waals surface area contributed by atoms with Gasteiger partial charge in [0.25, 0.3) is 0 Å². The fourth-order valence-corrected chi connectivity index (χ4v) is 6.48. The first-order valence-electron chi connectivity index (χ1n) is 10.6. The van der Waals surface area contributed by atoms with E-state index in [1.165, 1.54) is 0 Å². The lowest BCUT2D eigenvalue weighted by molar-refractivity contribution is 0.178. The molecule has 0 atom stereocenters. The zero-order chi connectivity index (χ0) is 21.8. The molecule has 0 radical (unpaired) electrons. The fourth-order valence-electron chi connectivity index (χ4n) is 3.97. The van der Waals surface area contributed by atoms with Crippen molar-refractivity contribution in [1.29, 1.82) is 0 Å². The van der Waals surface area contributed by atoms with Crippen LogP contribution in [-0.2, 0) is 21.4 Å². The molecular weight excluding hydrogens is 432 g/mol. The van der Waals surface area contributed by atoms with Gasteiger partial charge >= 0.3 is 0 Å². The summed E-state index contributed by atoms with van der Waals surface area (Å²) >= 11 is 1.60. The van der Waals surface area contributed by atoms with Crippen LogP contribution in [0, 0.1) is 0 Å². The first kappa shape index (κ1) is 22.1. The molecule has 0 unspecified atom stereocenters. The predicted molar refractivity (Wildman–Crippen MR) is 126 cm³/mol. The van der Waals surface area contributed by atoms with Crippen molar-refractivity contribution < 1.29 is 13.2 Å². The maximum Gasteiger partial charge on any atom is 0.214 e. The number of piperidine rings is 1. The number of hydrogen-bond donors (Lipinski definition) is 1. The van der Waals surface area contributed by atoms with Gasteiger partial charge in [-0.05, 0) is 24.8 Å². The molecule has 7 nitrogen and oxygen atoms in total. The largest absolute Gasteiger partial charge is 0.377 e. The quantitative estimate of drug-likeness (QED) is 0.544. The number of sulfonamides is 1. The molecule has 0 aliphatic carbocycles. The Morgan fingerprint density at radius 1 is 1.19 bits per heavy atom. The summed E-state index contributed by atoms with van der Waals surface area (Å²) < 4.78 is 31.7. The van der Waals surface area contributed by atoms with E-state index in [2.05, 4.69) is 27.8 Å². The maximum atomic E-state index is 12.4. The average molecular weight is 461 g/mol. The summed E-state index contributed by atoms with van der Waals surface area (Å²) in [5, 5.41) is 6.73. The van der Waals surface area contributed by atoms with Gasteiger partial charge in [-0.15, -0.1) is 11.3 Å². The van der Waals surface area contributed by atoms with Gasteiger partial charge in [-0.3, -0.25) is 0 Å². The number of hydrogen-bond acceptors (Lipinski definition) is 7. The Labute approximate surface area is 187 Å². The normalized spacial score (nSPS) is 16.1. The smallest absolute Gasteiger partial charge is 0.214 e. The number of nitrogens with one attached hydrogen (secondary N) is 1. The summed E-state index contributed by atoms with van der Waals surface area (Å²) in [6.07, 6.45) is 2.14. The van der Waals surface area contributed by atoms with Crippen LogP contribution in [0.25, 0.3) is 21.3 Å². The van der Waals surface area contributed by atoms with Gasteiger partial charge in [0.2, 0.25) is 10.0 Å². The zero-order valence-corrected chi connectivity index (χ0v) is 19.5. The van der Waals surface area contributed by atoms with Gasteiger partial charge in [-0.1, -0.05) is 37.3 Å². The van der Waals surface area contributed by atoms with Crippen molar-refractivity contribution in [3.8, 4) is 11.1 Å². The Hall–Kier alpha value is -2.07. The van der Waals surface area contributed by atoms with Crippen LogP contribution in [0.1, 0.15) is 32.0 Å². The number of aromatic nitrogens is 2. The van der Waals surface area contributed by atoms with E-state index in [1.807, 2.05) is 25.1 Å². The van der Waals surface area contributed by atoms with Crippen molar-refractivity contribution >= 4 is 37.4 Å². The molecule has 0 spiro atoms. The van der Waals surface area contributed by atoms with Crippen molar-refractivity contribution in [3.05, 3.63) is 41.5 Å². The second-order valence-corrected chi connectivity index (χ2v) is 10.7. The van der Waals surface area contributed by atoms with Crippen molar-refractivity contribution in [1.82, 2.24) is 14.3 Å². The van der Waals surface area contributed by atoms with E-state index in [-0.39, 0.29) is 11.8 Å². The van der Waals surface area contributed by atoms with Gasteiger partial charge in [-0.25, -0.2) is 22.7 Å². The van der Waals surface area contributed by atoms with E-state index in [9.17, 15) is 8.42 Å². The molecule has 3 aromatic rings. The van der Waals surface area contributed by atoms with Gasteiger partial charge in [0.05, 0.1) is 11.1 Å². The summed E-state index contributed by atoms with van der Waals surface area (Å²) in [4.78, 5) is 10.4. The lowest BCUT2D eigenvalue weighted by Crippen LogP contribution is -2.43. The Morgan fingerprint density at radius 2 is 1.94 bits per heavy atom. The highest BCUT2D eigenvalue weighted by atomic mass is 32.2. The Bertz CT molecular complexity index is 1120. The predicted octanol–water partition coefficient (Wildman–Crippen LogP) is 4.12. The van der Waals surface area contributed by atoms with Crippen molar-refractivity contribution in [2.75, 3.05) is 31.3 Å². The van der Waals surface area contributed by atoms with E-state index >= 15 is 0 Å². The van der Waals surface area contributed by atoms with Gasteiger partial charge in [0, 0.05) is 37.2 Å². The lowest BCUT2D eigenvalue weighted by Gasteiger charge is -2.32. The number of rotatable bonds is 8. The molecule has 1 aromatic carbocycles. The van der Waals surface area contributed by atoms with E-state index in [1.54, 1.807) is 22.8 Å². The summed E-state index contributed by atoms with van der Waals surface area (Å²) in [6, 6.07) is 10.4. The van der Waals surface area contributed by atoms with Crippen LogP contribution in [0.2, 0.25) is 0 Å². The molecule has 1 saturated heterocycles.